The van der Waals surface area contributed by atoms with E-state index in [4.69, 9.17) is 37.4 Å². The van der Waals surface area contributed by atoms with Gasteiger partial charge in [-0.3, -0.25) is 9.59 Å². The Balaban J connectivity index is 0.00000561. The van der Waals surface area contributed by atoms with Gasteiger partial charge in [-0.15, -0.1) is 0 Å². The number of carbonyl (C=O) groups is 2. The average Bonchev–Trinajstić information content (AvgIpc) is 3.37. The summed E-state index contributed by atoms with van der Waals surface area (Å²) in [6, 6.07) is 18.5. The van der Waals surface area contributed by atoms with E-state index in [0.717, 1.165) is 11.1 Å². The third-order valence-electron chi connectivity index (χ3n) is 10.1. The molecule has 2 aliphatic rings. The number of ether oxygens (including phenoxy) is 3. The van der Waals surface area contributed by atoms with Crippen molar-refractivity contribution in [1.29, 1.82) is 0 Å². The first kappa shape index (κ1) is 41.3. The number of amides is 1. The van der Waals surface area contributed by atoms with Gasteiger partial charge in [0.15, 0.2) is 24.3 Å². The summed E-state index contributed by atoms with van der Waals surface area (Å²) in [5.41, 5.74) is 2.32. The highest BCUT2D eigenvalue weighted by molar-refractivity contribution is 6.33. The quantitative estimate of drug-likeness (QED) is 0.101. The number of Topliss-reactive ketones (excluding diaryl/α,β-unsaturated/α-hetero) is 1. The Kier molecular flexibility index (Phi) is 12.9. The number of hydrogen-bond acceptors (Lipinski definition) is 10. The molecule has 0 radical (unpaired) electrons. The molecule has 1 aromatic heterocycles. The fraction of sp³-hybridized carbons (Fsp3) is 0.359. The molecule has 2 aliphatic heterocycles. The number of carbonyl (C=O) groups excluding carboxylic acids is 2. The highest BCUT2D eigenvalue weighted by Gasteiger charge is 2.50. The number of aliphatic hydroxyl groups is 4. The van der Waals surface area contributed by atoms with Gasteiger partial charge in [-0.05, 0) is 79.6 Å². The maximum absolute atomic E-state index is 14.6. The van der Waals surface area contributed by atoms with Crippen molar-refractivity contribution in [3.63, 3.8) is 0 Å². The van der Waals surface area contributed by atoms with Crippen LogP contribution in [0.15, 0.2) is 79.1 Å². The minimum Gasteiger partial charge on any atom is -1.00 e. The molecule has 7 atom stereocenters. The minimum absolute atomic E-state index is 0. The van der Waals surface area contributed by atoms with Crippen molar-refractivity contribution in [3.8, 4) is 11.5 Å². The van der Waals surface area contributed by atoms with Crippen molar-refractivity contribution < 1.29 is 61.2 Å². The summed E-state index contributed by atoms with van der Waals surface area (Å²) in [5.74, 6) is 0.698. The highest BCUT2D eigenvalue weighted by atomic mass is 35.5. The topological polar surface area (TPSA) is 162 Å². The van der Waals surface area contributed by atoms with Crippen LogP contribution in [0.3, 0.4) is 0 Å². The van der Waals surface area contributed by atoms with Gasteiger partial charge in [-0.1, -0.05) is 23.2 Å². The van der Waals surface area contributed by atoms with Gasteiger partial charge in [-0.25, -0.2) is 0 Å². The first-order valence-corrected chi connectivity index (χ1v) is 17.8. The fourth-order valence-electron chi connectivity index (χ4n) is 7.02. The molecule has 1 fully saturated rings. The number of aliphatic hydroxyl groups excluding tert-OH is 4. The predicted molar refractivity (Wildman–Crippen MR) is 196 cm³/mol. The molecule has 3 heterocycles. The van der Waals surface area contributed by atoms with E-state index >= 15 is 0 Å². The maximum atomic E-state index is 14.6. The number of aromatic nitrogens is 1. The Morgan fingerprint density at radius 2 is 1.76 bits per heavy atom. The van der Waals surface area contributed by atoms with Crippen molar-refractivity contribution in [2.75, 3.05) is 25.7 Å². The van der Waals surface area contributed by atoms with Gasteiger partial charge in [0, 0.05) is 51.1 Å². The molecule has 3 unspecified atom stereocenters. The van der Waals surface area contributed by atoms with E-state index in [-0.39, 0.29) is 37.2 Å². The second-order valence-electron chi connectivity index (χ2n) is 13.4. The molecule has 0 aliphatic carbocycles. The summed E-state index contributed by atoms with van der Waals surface area (Å²) in [4.78, 5) is 30.1. The number of benzene rings is 3. The molecule has 54 heavy (non-hydrogen) atoms. The molecule has 1 saturated heterocycles. The zero-order chi connectivity index (χ0) is 38.2. The van der Waals surface area contributed by atoms with Crippen LogP contribution in [-0.2, 0) is 28.0 Å². The summed E-state index contributed by atoms with van der Waals surface area (Å²) in [5, 5.41) is 44.6. The third-order valence-corrected chi connectivity index (χ3v) is 10.7. The number of fused-ring (bicyclic) bond motifs is 1. The van der Waals surface area contributed by atoms with Crippen LogP contribution < -0.4 is 36.7 Å². The molecule has 5 N–H and O–H groups in total. The van der Waals surface area contributed by atoms with Crippen molar-refractivity contribution in [2.24, 2.45) is 0 Å². The smallest absolute Gasteiger partial charge is 0.292 e. The van der Waals surface area contributed by atoms with Crippen LogP contribution in [0, 0.1) is 0 Å². The van der Waals surface area contributed by atoms with Crippen molar-refractivity contribution in [3.05, 3.63) is 117 Å². The number of rotatable bonds is 12. The lowest BCUT2D eigenvalue weighted by Gasteiger charge is -2.36. The van der Waals surface area contributed by atoms with Gasteiger partial charge in [0.2, 0.25) is 5.91 Å². The summed E-state index contributed by atoms with van der Waals surface area (Å²) in [7, 11) is 3.12. The Bertz CT molecular complexity index is 2020. The lowest BCUT2D eigenvalue weighted by atomic mass is 9.76. The summed E-state index contributed by atoms with van der Waals surface area (Å²) < 4.78 is 18.2. The zero-order valence-corrected chi connectivity index (χ0v) is 32.2. The molecule has 1 amide bonds. The average molecular weight is 803 g/mol. The molecule has 15 heteroatoms. The highest BCUT2D eigenvalue weighted by Crippen LogP contribution is 2.49. The number of nitrogens with one attached hydrogen (secondary N) is 1. The number of anilines is 1. The third kappa shape index (κ3) is 7.68. The summed E-state index contributed by atoms with van der Waals surface area (Å²) in [6.45, 7) is 3.42. The number of pyridine rings is 1. The normalized spacial score (nSPS) is 24.1. The minimum atomic E-state index is -1.52. The first-order chi connectivity index (χ1) is 25.3. The Morgan fingerprint density at radius 3 is 2.46 bits per heavy atom. The van der Waals surface area contributed by atoms with Crippen molar-refractivity contribution in [1.82, 2.24) is 5.32 Å². The van der Waals surface area contributed by atoms with Gasteiger partial charge in [0.05, 0.1) is 33.4 Å². The zero-order valence-electron chi connectivity index (χ0n) is 29.9. The van der Waals surface area contributed by atoms with Gasteiger partial charge >= 0.3 is 0 Å². The van der Waals surface area contributed by atoms with Gasteiger partial charge < -0.3 is 57.3 Å². The SMILES string of the molecule is COc1ccc(CN2C(=O)C(C)(c3cc(C(=O)C(C)NCc4ccc[n+](C5O[C@H](CO)[C@@H](O)[C@H](O)[C@H]5O)c4)ccc3Cl)c3cc(Cl)ccc32)c(OC)c1.[Cl-]. The van der Waals surface area contributed by atoms with E-state index in [2.05, 4.69) is 5.32 Å². The van der Waals surface area contributed by atoms with E-state index in [1.807, 2.05) is 12.1 Å². The standard InChI is InChI=1S/C39H42Cl2N3O9.ClH/c1-21(42-17-22-6-5-13-43(18-22)37-36(49)35(48)34(47)32(20-45)53-37)33(46)23-8-11-29(41)27(14-23)39(2)28-15-25(40)9-12-30(28)44(38(39)50)19-24-7-10-26(51-3)16-31(24)52-4;/h5-16,18,21,32,34-37,42,45,47-49H,17,19-20H2,1-4H3;1H/q+1;/p-1/t21?,32-,34-,35+,36-,37?,39?;/m1./s1. The lowest BCUT2D eigenvalue weighted by Crippen LogP contribution is -3.00. The van der Waals surface area contributed by atoms with Crippen LogP contribution in [0.4, 0.5) is 5.69 Å². The molecule has 6 rings (SSSR count). The van der Waals surface area contributed by atoms with Gasteiger partial charge in [0.25, 0.3) is 6.23 Å². The van der Waals surface area contributed by atoms with E-state index in [1.54, 1.807) is 100.0 Å². The van der Waals surface area contributed by atoms with Crippen molar-refractivity contribution in [2.45, 2.75) is 69.0 Å². The largest absolute Gasteiger partial charge is 1.00 e. The van der Waals surface area contributed by atoms with Crippen LogP contribution in [0.5, 0.6) is 11.5 Å². The molecular weight excluding hydrogens is 761 g/mol. The summed E-state index contributed by atoms with van der Waals surface area (Å²) in [6.07, 6.45) is -3.25. The van der Waals surface area contributed by atoms with E-state index in [0.29, 0.717) is 43.9 Å². The van der Waals surface area contributed by atoms with Crippen LogP contribution in [-0.4, -0.2) is 83.4 Å². The van der Waals surface area contributed by atoms with Crippen molar-refractivity contribution >= 4 is 40.6 Å². The van der Waals surface area contributed by atoms with Crippen LogP contribution in [0.2, 0.25) is 10.0 Å². The number of ketones is 1. The molecule has 4 aromatic rings. The van der Waals surface area contributed by atoms with Gasteiger partial charge in [-0.2, -0.15) is 4.57 Å². The first-order valence-electron chi connectivity index (χ1n) is 17.0. The number of halogens is 3. The molecule has 288 valence electrons. The van der Waals surface area contributed by atoms with Crippen LogP contribution in [0.1, 0.15) is 52.7 Å². The molecule has 0 bridgehead atoms. The Labute approximate surface area is 329 Å². The molecule has 3 aromatic carbocycles. The molecular formula is C39H42Cl3N3O9. The Hall–Kier alpha value is -3.82. The van der Waals surface area contributed by atoms with Crippen LogP contribution in [0.25, 0.3) is 0 Å². The monoisotopic (exact) mass is 801 g/mol. The van der Waals surface area contributed by atoms with Crippen LogP contribution >= 0.6 is 23.2 Å². The number of methoxy groups -OCH3 is 2. The Morgan fingerprint density at radius 1 is 1.00 bits per heavy atom. The van der Waals surface area contributed by atoms with E-state index in [1.165, 1.54) is 4.57 Å². The van der Waals surface area contributed by atoms with E-state index < -0.39 is 48.7 Å². The molecule has 12 nitrogen and oxygen atoms in total. The second-order valence-corrected chi connectivity index (χ2v) is 14.2. The number of nitrogens with zero attached hydrogens (tertiary/aromatic N) is 2. The van der Waals surface area contributed by atoms with E-state index in [9.17, 15) is 30.0 Å². The summed E-state index contributed by atoms with van der Waals surface area (Å²) >= 11 is 13.3. The molecule has 0 spiro atoms. The lowest BCUT2D eigenvalue weighted by molar-refractivity contribution is -0.778. The number of hydrogen-bond donors (Lipinski definition) is 5. The maximum Gasteiger partial charge on any atom is 0.292 e. The predicted octanol–water partition coefficient (Wildman–Crippen LogP) is 0.488. The molecule has 0 saturated carbocycles. The van der Waals surface area contributed by atoms with Gasteiger partial charge in [0.1, 0.15) is 35.2 Å². The second kappa shape index (κ2) is 16.9. The fourth-order valence-corrected chi connectivity index (χ4v) is 7.50.